The van der Waals surface area contributed by atoms with Crippen LogP contribution in [-0.2, 0) is 0 Å². The van der Waals surface area contributed by atoms with Crippen LogP contribution < -0.4 is 0 Å². The van der Waals surface area contributed by atoms with Crippen LogP contribution in [0.3, 0.4) is 0 Å². The third kappa shape index (κ3) is 7.74. The molecule has 114 valence electrons. The summed E-state index contributed by atoms with van der Waals surface area (Å²) in [4.78, 5) is 11.7. The number of furan rings is 1. The molecule has 0 bridgehead atoms. The van der Waals surface area contributed by atoms with E-state index in [0.717, 1.165) is 12.8 Å². The van der Waals surface area contributed by atoms with Gasteiger partial charge in [-0.25, -0.2) is 0 Å². The van der Waals surface area contributed by atoms with E-state index in [1.807, 2.05) is 0 Å². The highest BCUT2D eigenvalue weighted by Crippen LogP contribution is 2.17. The highest BCUT2D eigenvalue weighted by atomic mass is 35.5. The molecule has 0 aliphatic carbocycles. The molecule has 0 unspecified atom stereocenters. The number of rotatable bonds is 12. The van der Waals surface area contributed by atoms with Gasteiger partial charge in [0, 0.05) is 6.42 Å². The lowest BCUT2D eigenvalue weighted by molar-refractivity contribution is 0.0952. The van der Waals surface area contributed by atoms with Crippen molar-refractivity contribution < 1.29 is 9.21 Å². The quantitative estimate of drug-likeness (QED) is 0.329. The Kier molecular flexibility index (Phi) is 9.48. The van der Waals surface area contributed by atoms with Crippen molar-refractivity contribution in [1.82, 2.24) is 0 Å². The molecule has 0 saturated heterocycles. The van der Waals surface area contributed by atoms with Crippen LogP contribution in [0.4, 0.5) is 0 Å². The summed E-state index contributed by atoms with van der Waals surface area (Å²) in [6.07, 6.45) is 13.3. The van der Waals surface area contributed by atoms with Crippen molar-refractivity contribution in [2.45, 2.75) is 77.6 Å². The zero-order valence-electron chi connectivity index (χ0n) is 12.6. The first-order valence-corrected chi connectivity index (χ1v) is 8.40. The molecule has 1 rings (SSSR count). The van der Waals surface area contributed by atoms with Gasteiger partial charge in [0.15, 0.2) is 16.8 Å². The molecule has 0 aromatic carbocycles. The van der Waals surface area contributed by atoms with Gasteiger partial charge in [0.25, 0.3) is 0 Å². The van der Waals surface area contributed by atoms with E-state index in [-0.39, 0.29) is 11.0 Å². The molecule has 0 atom stereocenters. The van der Waals surface area contributed by atoms with Crippen LogP contribution in [0.25, 0.3) is 0 Å². The molecule has 0 aliphatic heterocycles. The SMILES string of the molecule is CCCCCCCCCCCCC(=O)c1ccc(Cl)o1. The standard InChI is InChI=1S/C17H27ClO2/c1-2-3-4-5-6-7-8-9-10-11-12-15(19)16-13-14-17(18)20-16/h13-14H,2-12H2,1H3. The van der Waals surface area contributed by atoms with Crippen molar-refractivity contribution in [3.05, 3.63) is 23.1 Å². The Labute approximate surface area is 127 Å². The summed E-state index contributed by atoms with van der Waals surface area (Å²) in [6.45, 7) is 2.25. The minimum Gasteiger partial charge on any atom is -0.442 e. The maximum atomic E-state index is 11.7. The second kappa shape index (κ2) is 11.0. The first kappa shape index (κ1) is 17.3. The molecule has 0 saturated carbocycles. The van der Waals surface area contributed by atoms with Crippen LogP contribution in [0.5, 0.6) is 0 Å². The van der Waals surface area contributed by atoms with E-state index in [1.165, 1.54) is 51.4 Å². The topological polar surface area (TPSA) is 30.2 Å². The smallest absolute Gasteiger partial charge is 0.198 e. The fraction of sp³-hybridized carbons (Fsp3) is 0.706. The van der Waals surface area contributed by atoms with E-state index in [1.54, 1.807) is 12.1 Å². The fourth-order valence-corrected chi connectivity index (χ4v) is 2.51. The summed E-state index contributed by atoms with van der Waals surface area (Å²) in [5, 5.41) is 0.288. The summed E-state index contributed by atoms with van der Waals surface area (Å²) >= 11 is 5.65. The van der Waals surface area contributed by atoms with Gasteiger partial charge in [-0.3, -0.25) is 4.79 Å². The van der Waals surface area contributed by atoms with Crippen molar-refractivity contribution in [2.75, 3.05) is 0 Å². The predicted molar refractivity (Wildman–Crippen MR) is 84.5 cm³/mol. The van der Waals surface area contributed by atoms with Gasteiger partial charge in [-0.05, 0) is 30.2 Å². The molecule has 0 N–H and O–H groups in total. The Morgan fingerprint density at radius 1 is 0.950 bits per heavy atom. The van der Waals surface area contributed by atoms with Crippen molar-refractivity contribution in [3.8, 4) is 0 Å². The van der Waals surface area contributed by atoms with E-state index in [0.29, 0.717) is 12.2 Å². The van der Waals surface area contributed by atoms with Crippen LogP contribution in [-0.4, -0.2) is 5.78 Å². The highest BCUT2D eigenvalue weighted by Gasteiger charge is 2.09. The van der Waals surface area contributed by atoms with E-state index in [2.05, 4.69) is 6.92 Å². The van der Waals surface area contributed by atoms with Crippen LogP contribution in [0.2, 0.25) is 5.22 Å². The average Bonchev–Trinajstić information content (AvgIpc) is 2.87. The number of unbranched alkanes of at least 4 members (excludes halogenated alkanes) is 9. The van der Waals surface area contributed by atoms with Gasteiger partial charge < -0.3 is 4.42 Å². The second-order valence-corrected chi connectivity index (χ2v) is 5.83. The molecule has 2 nitrogen and oxygen atoms in total. The van der Waals surface area contributed by atoms with Crippen molar-refractivity contribution in [2.24, 2.45) is 0 Å². The predicted octanol–water partition coefficient (Wildman–Crippen LogP) is 6.43. The van der Waals surface area contributed by atoms with E-state index in [4.69, 9.17) is 16.0 Å². The molecular formula is C17H27ClO2. The molecule has 0 radical (unpaired) electrons. The van der Waals surface area contributed by atoms with Crippen LogP contribution >= 0.6 is 11.6 Å². The lowest BCUT2D eigenvalue weighted by Gasteiger charge is -2.01. The molecule has 0 aliphatic rings. The van der Waals surface area contributed by atoms with Gasteiger partial charge in [0.1, 0.15) is 0 Å². The summed E-state index contributed by atoms with van der Waals surface area (Å²) in [5.41, 5.74) is 0. The lowest BCUT2D eigenvalue weighted by atomic mass is 10.0. The third-order valence-electron chi connectivity index (χ3n) is 3.61. The molecule has 3 heteroatoms. The van der Waals surface area contributed by atoms with E-state index in [9.17, 15) is 4.79 Å². The van der Waals surface area contributed by atoms with Crippen LogP contribution in [0.1, 0.15) is 88.1 Å². The normalized spacial score (nSPS) is 10.9. The summed E-state index contributed by atoms with van der Waals surface area (Å²) in [7, 11) is 0. The van der Waals surface area contributed by atoms with Crippen LogP contribution in [0.15, 0.2) is 16.5 Å². The Morgan fingerprint density at radius 2 is 1.50 bits per heavy atom. The van der Waals surface area contributed by atoms with Crippen molar-refractivity contribution in [1.29, 1.82) is 0 Å². The average molecular weight is 299 g/mol. The lowest BCUT2D eigenvalue weighted by Crippen LogP contribution is -1.96. The summed E-state index contributed by atoms with van der Waals surface area (Å²) in [5.74, 6) is 0.461. The Hall–Kier alpha value is -0.760. The number of ketones is 1. The highest BCUT2D eigenvalue weighted by molar-refractivity contribution is 6.29. The van der Waals surface area contributed by atoms with E-state index < -0.39 is 0 Å². The molecule has 1 aromatic heterocycles. The molecule has 20 heavy (non-hydrogen) atoms. The second-order valence-electron chi connectivity index (χ2n) is 5.46. The molecule has 1 aromatic rings. The maximum Gasteiger partial charge on any atom is 0.198 e. The van der Waals surface area contributed by atoms with Gasteiger partial charge in [-0.2, -0.15) is 0 Å². The Balaban J connectivity index is 1.91. The number of carbonyl (C=O) groups is 1. The van der Waals surface area contributed by atoms with Crippen molar-refractivity contribution in [3.63, 3.8) is 0 Å². The first-order valence-electron chi connectivity index (χ1n) is 8.02. The Bertz CT molecular complexity index is 371. The van der Waals surface area contributed by atoms with Crippen molar-refractivity contribution >= 4 is 17.4 Å². The minimum absolute atomic E-state index is 0.0662. The van der Waals surface area contributed by atoms with Crippen LogP contribution in [0, 0.1) is 0 Å². The first-order chi connectivity index (χ1) is 9.74. The maximum absolute atomic E-state index is 11.7. The number of carbonyl (C=O) groups excluding carboxylic acids is 1. The number of halogens is 1. The third-order valence-corrected chi connectivity index (χ3v) is 3.81. The Morgan fingerprint density at radius 3 is 2.00 bits per heavy atom. The minimum atomic E-state index is 0.0662. The number of hydrogen-bond acceptors (Lipinski definition) is 2. The monoisotopic (exact) mass is 298 g/mol. The van der Waals surface area contributed by atoms with Gasteiger partial charge >= 0.3 is 0 Å². The molecule has 0 amide bonds. The van der Waals surface area contributed by atoms with Gasteiger partial charge in [0.05, 0.1) is 0 Å². The van der Waals surface area contributed by atoms with Gasteiger partial charge in [-0.1, -0.05) is 64.7 Å². The summed E-state index contributed by atoms with van der Waals surface area (Å²) < 4.78 is 5.10. The molecule has 0 spiro atoms. The van der Waals surface area contributed by atoms with Gasteiger partial charge in [0.2, 0.25) is 0 Å². The summed E-state index contributed by atoms with van der Waals surface area (Å²) in [6, 6.07) is 3.27. The molecule has 0 fully saturated rings. The fourth-order valence-electron chi connectivity index (χ4n) is 2.36. The van der Waals surface area contributed by atoms with E-state index >= 15 is 0 Å². The molecular weight excluding hydrogens is 272 g/mol. The number of Topliss-reactive ketones (excluding diaryl/α,β-unsaturated/α-hetero) is 1. The zero-order valence-corrected chi connectivity index (χ0v) is 13.4. The number of hydrogen-bond donors (Lipinski definition) is 0. The largest absolute Gasteiger partial charge is 0.442 e. The zero-order chi connectivity index (χ0) is 14.6. The van der Waals surface area contributed by atoms with Gasteiger partial charge in [-0.15, -0.1) is 0 Å². The molecule has 1 heterocycles.